The summed E-state index contributed by atoms with van der Waals surface area (Å²) in [6.07, 6.45) is 2.13. The smallest absolute Gasteiger partial charge is 0.253 e. The Kier molecular flexibility index (Phi) is 6.55. The number of rotatable bonds is 7. The van der Waals surface area contributed by atoms with Gasteiger partial charge in [-0.25, -0.2) is 0 Å². The molecule has 2 amide bonds. The second kappa shape index (κ2) is 8.87. The Morgan fingerprint density at radius 1 is 0.917 bits per heavy atom. The maximum absolute atomic E-state index is 12.3. The van der Waals surface area contributed by atoms with E-state index in [4.69, 9.17) is 0 Å². The lowest BCUT2D eigenvalue weighted by atomic mass is 10.1. The monoisotopic (exact) mass is 324 g/mol. The number of hydrogen-bond donors (Lipinski definition) is 2. The molecule has 0 aliphatic rings. The van der Waals surface area contributed by atoms with E-state index in [1.54, 1.807) is 18.2 Å². The van der Waals surface area contributed by atoms with Crippen molar-refractivity contribution in [2.75, 3.05) is 11.9 Å². The van der Waals surface area contributed by atoms with Crippen LogP contribution >= 0.6 is 0 Å². The molecule has 4 nitrogen and oxygen atoms in total. The number of carbonyl (C=O) groups is 2. The minimum Gasteiger partial charge on any atom is -0.352 e. The Hall–Kier alpha value is -2.62. The second-order valence-electron chi connectivity index (χ2n) is 5.70. The average molecular weight is 324 g/mol. The number of amides is 2. The van der Waals surface area contributed by atoms with Gasteiger partial charge in [-0.05, 0) is 36.1 Å². The van der Waals surface area contributed by atoms with E-state index in [0.29, 0.717) is 17.8 Å². The van der Waals surface area contributed by atoms with Gasteiger partial charge in [-0.2, -0.15) is 0 Å². The summed E-state index contributed by atoms with van der Waals surface area (Å²) in [6.45, 7) is 4.71. The molecule has 0 aliphatic heterocycles. The highest BCUT2D eigenvalue weighted by molar-refractivity contribution is 6.04. The van der Waals surface area contributed by atoms with E-state index in [9.17, 15) is 9.59 Å². The molecule has 0 saturated heterocycles. The normalized spacial score (nSPS) is 10.2. The molecule has 2 aromatic rings. The molecule has 0 saturated carbocycles. The molecular weight excluding hydrogens is 300 g/mol. The van der Waals surface area contributed by atoms with Crippen molar-refractivity contribution in [1.29, 1.82) is 0 Å². The van der Waals surface area contributed by atoms with Gasteiger partial charge in [-0.15, -0.1) is 0 Å². The summed E-state index contributed by atoms with van der Waals surface area (Å²) in [4.78, 5) is 24.5. The molecule has 0 unspecified atom stereocenters. The summed E-state index contributed by atoms with van der Waals surface area (Å²) in [6, 6.07) is 15.1. The largest absolute Gasteiger partial charge is 0.352 e. The minimum atomic E-state index is -0.167. The molecule has 0 fully saturated rings. The summed E-state index contributed by atoms with van der Waals surface area (Å²) in [5, 5.41) is 5.68. The number of aryl methyl sites for hydroxylation is 1. The van der Waals surface area contributed by atoms with Gasteiger partial charge in [0.25, 0.3) is 5.91 Å². The number of carbonyl (C=O) groups excluding carboxylic acids is 2. The fraction of sp³-hybridized carbons (Fsp3) is 0.300. The van der Waals surface area contributed by atoms with E-state index >= 15 is 0 Å². The molecular formula is C20H24N2O2. The van der Waals surface area contributed by atoms with Crippen LogP contribution in [0, 0.1) is 0 Å². The predicted octanol–water partition coefficient (Wildman–Crippen LogP) is 3.57. The van der Waals surface area contributed by atoms with Crippen molar-refractivity contribution in [2.45, 2.75) is 33.1 Å². The topological polar surface area (TPSA) is 58.2 Å². The Balaban J connectivity index is 2.04. The maximum Gasteiger partial charge on any atom is 0.253 e. The van der Waals surface area contributed by atoms with Crippen LogP contribution in [0.3, 0.4) is 0 Å². The van der Waals surface area contributed by atoms with Gasteiger partial charge in [-0.1, -0.05) is 50.2 Å². The van der Waals surface area contributed by atoms with Gasteiger partial charge in [0.2, 0.25) is 5.91 Å². The standard InChI is InChI=1S/C20H24N2O2/c1-3-13-21-20(24)17-7-5-6-8-18(17)22-19(23)14-16-11-9-15(4-2)10-12-16/h5-12H,3-4,13-14H2,1-2H3,(H,21,24)(H,22,23). The molecule has 2 rings (SSSR count). The van der Waals surface area contributed by atoms with Crippen molar-refractivity contribution in [3.05, 3.63) is 65.2 Å². The molecule has 126 valence electrons. The number of hydrogen-bond acceptors (Lipinski definition) is 2. The Bertz CT molecular complexity index is 693. The van der Waals surface area contributed by atoms with Crippen LogP contribution in [0.15, 0.2) is 48.5 Å². The molecule has 0 bridgehead atoms. The van der Waals surface area contributed by atoms with Gasteiger partial charge >= 0.3 is 0 Å². The zero-order valence-corrected chi connectivity index (χ0v) is 14.3. The van der Waals surface area contributed by atoms with E-state index in [1.807, 2.05) is 37.3 Å². The lowest BCUT2D eigenvalue weighted by Crippen LogP contribution is -2.26. The summed E-state index contributed by atoms with van der Waals surface area (Å²) < 4.78 is 0. The van der Waals surface area contributed by atoms with Crippen LogP contribution in [-0.4, -0.2) is 18.4 Å². The fourth-order valence-corrected chi connectivity index (χ4v) is 2.40. The van der Waals surface area contributed by atoms with E-state index in [2.05, 4.69) is 17.6 Å². The number of para-hydroxylation sites is 1. The van der Waals surface area contributed by atoms with Crippen molar-refractivity contribution >= 4 is 17.5 Å². The van der Waals surface area contributed by atoms with E-state index in [1.165, 1.54) is 5.56 Å². The molecule has 2 aromatic carbocycles. The zero-order chi connectivity index (χ0) is 17.4. The molecule has 24 heavy (non-hydrogen) atoms. The van der Waals surface area contributed by atoms with Crippen LogP contribution in [0.4, 0.5) is 5.69 Å². The van der Waals surface area contributed by atoms with E-state index in [-0.39, 0.29) is 18.2 Å². The van der Waals surface area contributed by atoms with E-state index < -0.39 is 0 Å². The zero-order valence-electron chi connectivity index (χ0n) is 14.3. The van der Waals surface area contributed by atoms with Gasteiger partial charge < -0.3 is 10.6 Å². The molecule has 0 aliphatic carbocycles. The van der Waals surface area contributed by atoms with Crippen molar-refractivity contribution in [1.82, 2.24) is 5.32 Å². The number of nitrogens with one attached hydrogen (secondary N) is 2. The molecule has 2 N–H and O–H groups in total. The summed E-state index contributed by atoms with van der Waals surface area (Å²) in [5.41, 5.74) is 3.23. The predicted molar refractivity (Wildman–Crippen MR) is 97.2 cm³/mol. The number of anilines is 1. The van der Waals surface area contributed by atoms with Gasteiger partial charge in [0.05, 0.1) is 17.7 Å². The first kappa shape index (κ1) is 17.7. The lowest BCUT2D eigenvalue weighted by molar-refractivity contribution is -0.115. The van der Waals surface area contributed by atoms with Crippen LogP contribution in [0.1, 0.15) is 41.8 Å². The van der Waals surface area contributed by atoms with Crippen LogP contribution < -0.4 is 10.6 Å². The van der Waals surface area contributed by atoms with Crippen LogP contribution in [-0.2, 0) is 17.6 Å². The van der Waals surface area contributed by atoms with Crippen molar-refractivity contribution in [3.63, 3.8) is 0 Å². The SMILES string of the molecule is CCCNC(=O)c1ccccc1NC(=O)Cc1ccc(CC)cc1. The van der Waals surface area contributed by atoms with Gasteiger partial charge in [-0.3, -0.25) is 9.59 Å². The third-order valence-electron chi connectivity index (χ3n) is 3.78. The first-order chi connectivity index (χ1) is 11.6. The molecule has 0 spiro atoms. The summed E-state index contributed by atoms with van der Waals surface area (Å²) in [7, 11) is 0. The Morgan fingerprint density at radius 3 is 2.25 bits per heavy atom. The third kappa shape index (κ3) is 4.95. The lowest BCUT2D eigenvalue weighted by Gasteiger charge is -2.11. The Morgan fingerprint density at radius 2 is 1.58 bits per heavy atom. The maximum atomic E-state index is 12.3. The van der Waals surface area contributed by atoms with Crippen molar-refractivity contribution < 1.29 is 9.59 Å². The summed E-state index contributed by atoms with van der Waals surface area (Å²) in [5.74, 6) is -0.296. The molecule has 0 heterocycles. The first-order valence-corrected chi connectivity index (χ1v) is 8.39. The van der Waals surface area contributed by atoms with Crippen molar-refractivity contribution in [2.24, 2.45) is 0 Å². The van der Waals surface area contributed by atoms with Gasteiger partial charge in [0.15, 0.2) is 0 Å². The quantitative estimate of drug-likeness (QED) is 0.818. The van der Waals surface area contributed by atoms with E-state index in [0.717, 1.165) is 18.4 Å². The average Bonchev–Trinajstić information content (AvgIpc) is 2.60. The highest BCUT2D eigenvalue weighted by Gasteiger charge is 2.12. The van der Waals surface area contributed by atoms with Crippen LogP contribution in [0.2, 0.25) is 0 Å². The van der Waals surface area contributed by atoms with Crippen molar-refractivity contribution in [3.8, 4) is 0 Å². The highest BCUT2D eigenvalue weighted by Crippen LogP contribution is 2.16. The van der Waals surface area contributed by atoms with Gasteiger partial charge in [0, 0.05) is 6.54 Å². The van der Waals surface area contributed by atoms with Crippen LogP contribution in [0.5, 0.6) is 0 Å². The molecule has 0 radical (unpaired) electrons. The molecule has 4 heteroatoms. The highest BCUT2D eigenvalue weighted by atomic mass is 16.2. The molecule has 0 atom stereocenters. The van der Waals surface area contributed by atoms with Crippen LogP contribution in [0.25, 0.3) is 0 Å². The number of benzene rings is 2. The van der Waals surface area contributed by atoms with Gasteiger partial charge in [0.1, 0.15) is 0 Å². The third-order valence-corrected chi connectivity index (χ3v) is 3.78. The fourth-order valence-electron chi connectivity index (χ4n) is 2.40. The first-order valence-electron chi connectivity index (χ1n) is 8.39. The minimum absolute atomic E-state index is 0.130. The Labute approximate surface area is 143 Å². The molecule has 0 aromatic heterocycles. The summed E-state index contributed by atoms with van der Waals surface area (Å²) >= 11 is 0. The second-order valence-corrected chi connectivity index (χ2v) is 5.70.